The molecule has 0 spiro atoms. The topological polar surface area (TPSA) is 109 Å². The van der Waals surface area contributed by atoms with Crippen LogP contribution in [0.4, 0.5) is 4.79 Å². The Morgan fingerprint density at radius 3 is 3.00 bits per heavy atom. The SMILES string of the molecule is Cc1noc(CNC(=O)N2CCCC(CC(=O)O)C2)n1. The second kappa shape index (κ2) is 6.36. The zero-order valence-electron chi connectivity index (χ0n) is 11.3. The van der Waals surface area contributed by atoms with Gasteiger partial charge in [0.25, 0.3) is 0 Å². The number of nitrogens with one attached hydrogen (secondary N) is 1. The van der Waals surface area contributed by atoms with E-state index in [-0.39, 0.29) is 24.9 Å². The van der Waals surface area contributed by atoms with E-state index in [2.05, 4.69) is 15.5 Å². The van der Waals surface area contributed by atoms with Crippen LogP contribution in [-0.4, -0.2) is 45.2 Å². The first-order valence-electron chi connectivity index (χ1n) is 6.58. The van der Waals surface area contributed by atoms with Gasteiger partial charge in [0.05, 0.1) is 6.54 Å². The van der Waals surface area contributed by atoms with Crippen molar-refractivity contribution >= 4 is 12.0 Å². The highest BCUT2D eigenvalue weighted by Crippen LogP contribution is 2.19. The van der Waals surface area contributed by atoms with E-state index in [0.29, 0.717) is 24.8 Å². The predicted molar refractivity (Wildman–Crippen MR) is 67.8 cm³/mol. The third-order valence-corrected chi connectivity index (χ3v) is 3.23. The fraction of sp³-hybridized carbons (Fsp3) is 0.667. The normalized spacial score (nSPS) is 18.9. The molecular weight excluding hydrogens is 264 g/mol. The predicted octanol–water partition coefficient (Wildman–Crippen LogP) is 0.774. The minimum Gasteiger partial charge on any atom is -0.481 e. The molecule has 2 rings (SSSR count). The maximum Gasteiger partial charge on any atom is 0.317 e. The number of piperidine rings is 1. The first-order valence-corrected chi connectivity index (χ1v) is 6.58. The monoisotopic (exact) mass is 282 g/mol. The second-order valence-corrected chi connectivity index (χ2v) is 4.95. The zero-order chi connectivity index (χ0) is 14.5. The van der Waals surface area contributed by atoms with Crippen molar-refractivity contribution in [3.05, 3.63) is 11.7 Å². The molecule has 1 saturated heterocycles. The van der Waals surface area contributed by atoms with Crippen molar-refractivity contribution in [1.29, 1.82) is 0 Å². The van der Waals surface area contributed by atoms with Crippen molar-refractivity contribution in [2.24, 2.45) is 5.92 Å². The summed E-state index contributed by atoms with van der Waals surface area (Å²) in [5.74, 6) is 0.0833. The van der Waals surface area contributed by atoms with Gasteiger partial charge in [-0.2, -0.15) is 4.98 Å². The first kappa shape index (κ1) is 14.3. The van der Waals surface area contributed by atoms with E-state index in [9.17, 15) is 9.59 Å². The number of likely N-dealkylation sites (tertiary alicyclic amines) is 1. The third kappa shape index (κ3) is 3.94. The molecule has 0 aliphatic carbocycles. The van der Waals surface area contributed by atoms with Gasteiger partial charge in [-0.3, -0.25) is 4.79 Å². The van der Waals surface area contributed by atoms with Crippen LogP contribution < -0.4 is 5.32 Å². The van der Waals surface area contributed by atoms with E-state index in [1.807, 2.05) is 0 Å². The van der Waals surface area contributed by atoms with Crippen LogP contribution >= 0.6 is 0 Å². The molecule has 1 fully saturated rings. The van der Waals surface area contributed by atoms with E-state index < -0.39 is 5.97 Å². The number of carboxylic acids is 1. The summed E-state index contributed by atoms with van der Waals surface area (Å²) in [6.45, 7) is 3.00. The Labute approximate surface area is 116 Å². The Kier molecular flexibility index (Phi) is 4.54. The summed E-state index contributed by atoms with van der Waals surface area (Å²) in [4.78, 5) is 28.3. The number of hydrogen-bond acceptors (Lipinski definition) is 5. The summed E-state index contributed by atoms with van der Waals surface area (Å²) in [5, 5.41) is 15.1. The molecule has 8 nitrogen and oxygen atoms in total. The lowest BCUT2D eigenvalue weighted by molar-refractivity contribution is -0.138. The van der Waals surface area contributed by atoms with Gasteiger partial charge in [-0.1, -0.05) is 5.16 Å². The highest BCUT2D eigenvalue weighted by atomic mass is 16.5. The Balaban J connectivity index is 1.81. The van der Waals surface area contributed by atoms with Crippen molar-refractivity contribution in [2.45, 2.75) is 32.7 Å². The fourth-order valence-electron chi connectivity index (χ4n) is 2.34. The maximum absolute atomic E-state index is 12.0. The Bertz CT molecular complexity index is 488. The van der Waals surface area contributed by atoms with Crippen molar-refractivity contribution in [3.8, 4) is 0 Å². The molecule has 1 aliphatic heterocycles. The fourth-order valence-corrected chi connectivity index (χ4v) is 2.34. The molecule has 2 amide bonds. The highest BCUT2D eigenvalue weighted by Gasteiger charge is 2.25. The Morgan fingerprint density at radius 2 is 2.35 bits per heavy atom. The van der Waals surface area contributed by atoms with Gasteiger partial charge in [0.1, 0.15) is 0 Å². The maximum atomic E-state index is 12.0. The average molecular weight is 282 g/mol. The van der Waals surface area contributed by atoms with Gasteiger partial charge >= 0.3 is 12.0 Å². The lowest BCUT2D eigenvalue weighted by atomic mass is 9.95. The number of carboxylic acid groups (broad SMARTS) is 1. The summed E-state index contributed by atoms with van der Waals surface area (Å²) in [6.07, 6.45) is 1.77. The lowest BCUT2D eigenvalue weighted by Crippen LogP contribution is -2.45. The van der Waals surface area contributed by atoms with Gasteiger partial charge in [0, 0.05) is 19.5 Å². The molecule has 0 aromatic carbocycles. The summed E-state index contributed by atoms with van der Waals surface area (Å²) >= 11 is 0. The summed E-state index contributed by atoms with van der Waals surface area (Å²) in [7, 11) is 0. The highest BCUT2D eigenvalue weighted by molar-refractivity contribution is 5.74. The van der Waals surface area contributed by atoms with E-state index in [0.717, 1.165) is 12.8 Å². The molecule has 1 aromatic heterocycles. The molecule has 0 saturated carbocycles. The van der Waals surface area contributed by atoms with Crippen molar-refractivity contribution < 1.29 is 19.2 Å². The number of hydrogen-bond donors (Lipinski definition) is 2. The summed E-state index contributed by atoms with van der Waals surface area (Å²) in [5.41, 5.74) is 0. The van der Waals surface area contributed by atoms with Crippen LogP contribution in [0.1, 0.15) is 31.0 Å². The van der Waals surface area contributed by atoms with Gasteiger partial charge in [0.15, 0.2) is 5.82 Å². The number of carbonyl (C=O) groups excluding carboxylic acids is 1. The first-order chi connectivity index (χ1) is 9.54. The Hall–Kier alpha value is -2.12. The number of aryl methyl sites for hydroxylation is 1. The summed E-state index contributed by atoms with van der Waals surface area (Å²) in [6, 6.07) is -0.226. The van der Waals surface area contributed by atoms with Crippen molar-refractivity contribution in [3.63, 3.8) is 0 Å². The van der Waals surface area contributed by atoms with Crippen LogP contribution in [0.25, 0.3) is 0 Å². The quantitative estimate of drug-likeness (QED) is 0.844. The molecule has 1 aromatic rings. The van der Waals surface area contributed by atoms with E-state index in [1.165, 1.54) is 0 Å². The van der Waals surface area contributed by atoms with Gasteiger partial charge in [-0.05, 0) is 25.7 Å². The Morgan fingerprint density at radius 1 is 1.55 bits per heavy atom. The third-order valence-electron chi connectivity index (χ3n) is 3.23. The van der Waals surface area contributed by atoms with Gasteiger partial charge < -0.3 is 19.8 Å². The van der Waals surface area contributed by atoms with Crippen LogP contribution in [0.15, 0.2) is 4.52 Å². The molecule has 8 heteroatoms. The molecule has 0 bridgehead atoms. The molecule has 2 N–H and O–H groups in total. The van der Waals surface area contributed by atoms with Gasteiger partial charge in [0.2, 0.25) is 5.89 Å². The van der Waals surface area contributed by atoms with E-state index in [1.54, 1.807) is 11.8 Å². The lowest BCUT2D eigenvalue weighted by Gasteiger charge is -2.31. The van der Waals surface area contributed by atoms with Crippen LogP contribution in [0, 0.1) is 12.8 Å². The second-order valence-electron chi connectivity index (χ2n) is 4.95. The number of aliphatic carboxylic acids is 1. The van der Waals surface area contributed by atoms with Crippen molar-refractivity contribution in [2.75, 3.05) is 13.1 Å². The number of nitrogens with zero attached hydrogens (tertiary/aromatic N) is 3. The minimum absolute atomic E-state index is 0.0256. The largest absolute Gasteiger partial charge is 0.481 e. The van der Waals surface area contributed by atoms with Crippen LogP contribution in [0.2, 0.25) is 0 Å². The van der Waals surface area contributed by atoms with Crippen LogP contribution in [0.3, 0.4) is 0 Å². The molecule has 20 heavy (non-hydrogen) atoms. The molecule has 1 atom stereocenters. The van der Waals surface area contributed by atoms with Gasteiger partial charge in [-0.15, -0.1) is 0 Å². The van der Waals surface area contributed by atoms with E-state index in [4.69, 9.17) is 9.63 Å². The molecule has 1 aliphatic rings. The molecule has 110 valence electrons. The standard InChI is InChI=1S/C12H18N4O4/c1-8-14-10(20-15-8)6-13-12(19)16-4-2-3-9(7-16)5-11(17)18/h9H,2-7H2,1H3,(H,13,19)(H,17,18). The number of carbonyl (C=O) groups is 2. The number of aromatic nitrogens is 2. The van der Waals surface area contributed by atoms with E-state index >= 15 is 0 Å². The zero-order valence-corrected chi connectivity index (χ0v) is 11.3. The molecule has 1 unspecified atom stereocenters. The van der Waals surface area contributed by atoms with Crippen LogP contribution in [-0.2, 0) is 11.3 Å². The smallest absolute Gasteiger partial charge is 0.317 e. The molecule has 0 radical (unpaired) electrons. The average Bonchev–Trinajstić information content (AvgIpc) is 2.81. The number of urea groups is 1. The van der Waals surface area contributed by atoms with Gasteiger partial charge in [-0.25, -0.2) is 4.79 Å². The summed E-state index contributed by atoms with van der Waals surface area (Å²) < 4.78 is 4.90. The minimum atomic E-state index is -0.821. The molecular formula is C12H18N4O4. The number of amides is 2. The number of rotatable bonds is 4. The van der Waals surface area contributed by atoms with Crippen molar-refractivity contribution in [1.82, 2.24) is 20.4 Å². The molecule has 2 heterocycles. The van der Waals surface area contributed by atoms with Crippen LogP contribution in [0.5, 0.6) is 0 Å².